The van der Waals surface area contributed by atoms with Crippen LogP contribution in [0.2, 0.25) is 0 Å². The van der Waals surface area contributed by atoms with Gasteiger partial charge in [-0.3, -0.25) is 14.8 Å². The molecule has 2 heterocycles. The van der Waals surface area contributed by atoms with Crippen molar-refractivity contribution in [2.24, 2.45) is 10.2 Å². The maximum absolute atomic E-state index is 17.0. The van der Waals surface area contributed by atoms with Crippen molar-refractivity contribution in [2.75, 3.05) is 10.0 Å². The molecule has 0 saturated heterocycles. The van der Waals surface area contributed by atoms with E-state index < -0.39 is 11.1 Å². The number of carbonyl (C=O) groups excluding carboxylic acids is 1. The minimum absolute atomic E-state index is 0.143. The second kappa shape index (κ2) is 13.2. The van der Waals surface area contributed by atoms with Gasteiger partial charge >= 0.3 is 0 Å². The third kappa shape index (κ3) is 5.25. The van der Waals surface area contributed by atoms with Crippen LogP contribution in [-0.4, -0.2) is 28.3 Å². The number of hydrogen-bond donors (Lipinski definition) is 0. The Hall–Kier alpha value is -6.07. The zero-order valence-electron chi connectivity index (χ0n) is 30.1. The number of para-hydroxylation sites is 2. The first-order valence-corrected chi connectivity index (χ1v) is 18.7. The average Bonchev–Trinajstić information content (AvgIpc) is 3.73. The van der Waals surface area contributed by atoms with Gasteiger partial charge in [0.1, 0.15) is 11.1 Å². The highest BCUT2D eigenvalue weighted by Gasteiger charge is 2.70. The highest BCUT2D eigenvalue weighted by molar-refractivity contribution is 6.21. The molecule has 1 fully saturated rings. The lowest BCUT2D eigenvalue weighted by atomic mass is 9.57. The molecule has 1 saturated carbocycles. The van der Waals surface area contributed by atoms with E-state index in [-0.39, 0.29) is 17.6 Å². The molecule has 2 unspecified atom stereocenters. The number of benzene rings is 6. The number of ketones is 1. The highest BCUT2D eigenvalue weighted by Crippen LogP contribution is 2.59. The Labute approximate surface area is 311 Å². The molecule has 0 aromatic heterocycles. The summed E-state index contributed by atoms with van der Waals surface area (Å²) in [4.78, 5) is 17.0. The fourth-order valence-electron chi connectivity index (χ4n) is 9.16. The van der Waals surface area contributed by atoms with Gasteiger partial charge in [-0.15, -0.1) is 0 Å². The Balaban J connectivity index is 1.34. The Bertz CT molecular complexity index is 2140. The quantitative estimate of drug-likeness (QED) is 0.175. The normalized spacial score (nSPS) is 23.8. The average molecular weight is 691 g/mol. The van der Waals surface area contributed by atoms with Crippen LogP contribution in [0.15, 0.2) is 180 Å². The summed E-state index contributed by atoms with van der Waals surface area (Å²) in [5, 5.41) is 15.3. The van der Waals surface area contributed by atoms with E-state index in [1.165, 1.54) is 11.1 Å². The predicted molar refractivity (Wildman–Crippen MR) is 216 cm³/mol. The number of hydrogen-bond acceptors (Lipinski definition) is 5. The van der Waals surface area contributed by atoms with E-state index in [2.05, 4.69) is 145 Å². The van der Waals surface area contributed by atoms with E-state index in [1.807, 2.05) is 48.5 Å². The summed E-state index contributed by atoms with van der Waals surface area (Å²) in [5.74, 6) is -0.538. The van der Waals surface area contributed by atoms with Gasteiger partial charge in [0.25, 0.3) is 0 Å². The molecule has 2 spiro atoms. The molecule has 5 heteroatoms. The van der Waals surface area contributed by atoms with Crippen LogP contribution in [0.3, 0.4) is 0 Å². The van der Waals surface area contributed by atoms with Crippen molar-refractivity contribution < 1.29 is 4.79 Å². The molecule has 6 aromatic rings. The molecule has 0 radical (unpaired) electrons. The minimum Gasteiger partial charge on any atom is -0.294 e. The van der Waals surface area contributed by atoms with Gasteiger partial charge in [-0.25, -0.2) is 0 Å². The smallest absolute Gasteiger partial charge is 0.190 e. The van der Waals surface area contributed by atoms with E-state index in [0.29, 0.717) is 12.8 Å². The third-order valence-corrected chi connectivity index (χ3v) is 11.5. The van der Waals surface area contributed by atoms with Crippen LogP contribution in [-0.2, 0) is 4.79 Å². The van der Waals surface area contributed by atoms with Gasteiger partial charge in [0.2, 0.25) is 0 Å². The first-order valence-electron chi connectivity index (χ1n) is 18.7. The zero-order chi connectivity index (χ0) is 36.0. The molecule has 1 aliphatic carbocycles. The van der Waals surface area contributed by atoms with Crippen LogP contribution in [0.25, 0.3) is 0 Å². The number of carbonyl (C=O) groups is 1. The van der Waals surface area contributed by atoms with Crippen LogP contribution >= 0.6 is 0 Å². The van der Waals surface area contributed by atoms with Crippen LogP contribution < -0.4 is 10.0 Å². The van der Waals surface area contributed by atoms with Crippen molar-refractivity contribution in [1.29, 1.82) is 0 Å². The van der Waals surface area contributed by atoms with Crippen LogP contribution in [0, 0.1) is 13.8 Å². The zero-order valence-corrected chi connectivity index (χ0v) is 30.1. The molecular weight excluding hydrogens is 649 g/mol. The number of hydrazone groups is 2. The number of nitrogens with zero attached hydrogens (tertiary/aromatic N) is 4. The first-order chi connectivity index (χ1) is 26.0. The number of rotatable bonds is 6. The summed E-state index contributed by atoms with van der Waals surface area (Å²) in [5.41, 5.74) is 8.07. The fraction of sp³-hybridized carbons (Fsp3) is 0.188. The molecule has 53 heavy (non-hydrogen) atoms. The van der Waals surface area contributed by atoms with Gasteiger partial charge in [-0.2, -0.15) is 10.2 Å². The van der Waals surface area contributed by atoms with Crippen molar-refractivity contribution >= 4 is 28.6 Å². The minimum atomic E-state index is -1.06. The lowest BCUT2D eigenvalue weighted by Gasteiger charge is -2.53. The van der Waals surface area contributed by atoms with Crippen LogP contribution in [0.5, 0.6) is 0 Å². The second-order valence-electron chi connectivity index (χ2n) is 14.7. The molecule has 260 valence electrons. The van der Waals surface area contributed by atoms with E-state index in [0.717, 1.165) is 51.5 Å². The third-order valence-electron chi connectivity index (χ3n) is 11.5. The Morgan fingerprint density at radius 2 is 0.811 bits per heavy atom. The predicted octanol–water partition coefficient (Wildman–Crippen LogP) is 10.3. The molecule has 5 nitrogen and oxygen atoms in total. The van der Waals surface area contributed by atoms with Crippen LogP contribution in [0.4, 0.5) is 11.4 Å². The summed E-state index contributed by atoms with van der Waals surface area (Å²) < 4.78 is 0. The molecular formula is C48H42N4O. The van der Waals surface area contributed by atoms with E-state index in [1.54, 1.807) is 0 Å². The lowest BCUT2D eigenvalue weighted by molar-refractivity contribution is -0.132. The van der Waals surface area contributed by atoms with Crippen LogP contribution in [0.1, 0.15) is 64.5 Å². The van der Waals surface area contributed by atoms with Gasteiger partial charge in [0.05, 0.1) is 34.6 Å². The molecule has 3 aliphatic rings. The van der Waals surface area contributed by atoms with Crippen molar-refractivity contribution in [3.8, 4) is 0 Å². The van der Waals surface area contributed by atoms with Crippen molar-refractivity contribution in [3.63, 3.8) is 0 Å². The molecule has 4 atom stereocenters. The van der Waals surface area contributed by atoms with Gasteiger partial charge in [0, 0.05) is 0 Å². The summed E-state index contributed by atoms with van der Waals surface area (Å²) in [7, 11) is 0. The summed E-state index contributed by atoms with van der Waals surface area (Å²) in [6, 6.07) is 58.9. The summed E-state index contributed by atoms with van der Waals surface area (Å²) >= 11 is 0. The SMILES string of the molecule is Cc1ccc([C@H]2C(c3ccccc3)=NN(c3ccccc3)C23CCCC2(C3=O)[C@H](c3ccc(C)cc3)C(c3ccccc3)=NN2c2ccccc2)cc1. The van der Waals surface area contributed by atoms with Crippen molar-refractivity contribution in [3.05, 3.63) is 203 Å². The molecule has 2 aliphatic heterocycles. The van der Waals surface area contributed by atoms with E-state index >= 15 is 4.79 Å². The highest BCUT2D eigenvalue weighted by atomic mass is 16.1. The maximum Gasteiger partial charge on any atom is 0.190 e. The molecule has 0 N–H and O–H groups in total. The maximum atomic E-state index is 17.0. The van der Waals surface area contributed by atoms with E-state index in [4.69, 9.17) is 10.2 Å². The number of aryl methyl sites for hydroxylation is 2. The Morgan fingerprint density at radius 1 is 0.472 bits per heavy atom. The topological polar surface area (TPSA) is 48.3 Å². The van der Waals surface area contributed by atoms with Gasteiger partial charge in [-0.05, 0) is 79.6 Å². The summed E-state index contributed by atoms with van der Waals surface area (Å²) in [6.45, 7) is 4.23. The number of Topliss-reactive ketones (excluding diaryl/α,β-unsaturated/α-hetero) is 1. The standard InChI is InChI=1S/C48H42N4O/c1-34-24-28-36(29-25-34)42-44(38-16-7-3-8-17-38)49-51(40-20-11-5-12-21-40)47(42)32-15-33-48(46(47)53)43(37-30-26-35(2)27-31-37)45(39-18-9-4-10-19-39)50-52(48)41-22-13-6-14-23-41/h3-14,16-31,42-43H,15,32-33H2,1-2H3/t42-,43+,47?,48?. The van der Waals surface area contributed by atoms with Gasteiger partial charge in [-0.1, -0.05) is 157 Å². The molecule has 9 rings (SSSR count). The van der Waals surface area contributed by atoms with Gasteiger partial charge in [0.15, 0.2) is 5.78 Å². The lowest BCUT2D eigenvalue weighted by Crippen LogP contribution is -2.70. The molecule has 0 amide bonds. The van der Waals surface area contributed by atoms with E-state index in [9.17, 15) is 0 Å². The largest absolute Gasteiger partial charge is 0.294 e. The monoisotopic (exact) mass is 690 g/mol. The molecule has 0 bridgehead atoms. The molecule has 6 aromatic carbocycles. The Morgan fingerprint density at radius 3 is 1.17 bits per heavy atom. The van der Waals surface area contributed by atoms with Crippen molar-refractivity contribution in [2.45, 2.75) is 56.0 Å². The van der Waals surface area contributed by atoms with Crippen molar-refractivity contribution in [1.82, 2.24) is 0 Å². The fourth-order valence-corrected chi connectivity index (χ4v) is 9.16. The van der Waals surface area contributed by atoms with Gasteiger partial charge < -0.3 is 0 Å². The summed E-state index contributed by atoms with van der Waals surface area (Å²) in [6.07, 6.45) is 2.09. The second-order valence-corrected chi connectivity index (χ2v) is 14.7. The number of anilines is 2. The Kier molecular flexibility index (Phi) is 8.15. The first kappa shape index (κ1) is 32.8.